The van der Waals surface area contributed by atoms with Gasteiger partial charge in [0.1, 0.15) is 13.2 Å². The lowest BCUT2D eigenvalue weighted by Gasteiger charge is -2.20. The van der Waals surface area contributed by atoms with Crippen LogP contribution in [-0.4, -0.2) is 36.0 Å². The molecule has 0 fully saturated rings. The van der Waals surface area contributed by atoms with Crippen molar-refractivity contribution in [3.63, 3.8) is 0 Å². The fraction of sp³-hybridized carbons (Fsp3) is 0.211. The molecule has 1 amide bonds. The third-order valence-electron chi connectivity index (χ3n) is 3.92. The smallest absolute Gasteiger partial charge is 0.269 e. The van der Waals surface area contributed by atoms with Crippen molar-refractivity contribution in [2.45, 2.75) is 6.54 Å². The summed E-state index contributed by atoms with van der Waals surface area (Å²) in [7, 11) is 1.71. The van der Waals surface area contributed by atoms with E-state index in [-0.39, 0.29) is 11.6 Å². The lowest BCUT2D eigenvalue weighted by Crippen LogP contribution is -2.24. The number of nitro benzene ring substituents is 1. The maximum Gasteiger partial charge on any atom is 0.269 e. The van der Waals surface area contributed by atoms with Crippen molar-refractivity contribution in [2.24, 2.45) is 0 Å². The Hall–Kier alpha value is -3.35. The van der Waals surface area contributed by atoms with Gasteiger partial charge in [-0.25, -0.2) is 0 Å². The molecule has 0 aliphatic carbocycles. The highest BCUT2D eigenvalue weighted by atomic mass is 16.6. The van der Waals surface area contributed by atoms with Crippen molar-refractivity contribution in [3.8, 4) is 11.5 Å². The Morgan fingerprint density at radius 1 is 1.15 bits per heavy atom. The van der Waals surface area contributed by atoms with Gasteiger partial charge in [-0.15, -0.1) is 0 Å². The number of fused-ring (bicyclic) bond motifs is 1. The van der Waals surface area contributed by atoms with Crippen molar-refractivity contribution in [1.29, 1.82) is 0 Å². The number of likely N-dealkylation sites (N-methyl/N-ethyl adjacent to an activating group) is 1. The number of carbonyl (C=O) groups excluding carboxylic acids is 1. The number of nitrogens with zero attached hydrogens (tertiary/aromatic N) is 2. The number of nitro groups is 1. The Morgan fingerprint density at radius 3 is 2.54 bits per heavy atom. The summed E-state index contributed by atoms with van der Waals surface area (Å²) in [5.41, 5.74) is 1.68. The van der Waals surface area contributed by atoms with Gasteiger partial charge in [-0.05, 0) is 41.5 Å². The van der Waals surface area contributed by atoms with E-state index in [9.17, 15) is 14.9 Å². The summed E-state index contributed by atoms with van der Waals surface area (Å²) in [5.74, 6) is 1.24. The zero-order valence-corrected chi connectivity index (χ0v) is 14.3. The van der Waals surface area contributed by atoms with Gasteiger partial charge in [0.15, 0.2) is 11.5 Å². The number of carbonyl (C=O) groups is 1. The van der Waals surface area contributed by atoms with E-state index in [0.29, 0.717) is 31.3 Å². The van der Waals surface area contributed by atoms with Crippen molar-refractivity contribution < 1.29 is 19.2 Å². The van der Waals surface area contributed by atoms with Crippen LogP contribution in [0.2, 0.25) is 0 Å². The minimum atomic E-state index is -0.459. The van der Waals surface area contributed by atoms with Gasteiger partial charge in [0.25, 0.3) is 5.69 Å². The van der Waals surface area contributed by atoms with Gasteiger partial charge in [-0.2, -0.15) is 0 Å². The van der Waals surface area contributed by atoms with Gasteiger partial charge in [-0.1, -0.05) is 6.07 Å². The average Bonchev–Trinajstić information content (AvgIpc) is 2.66. The summed E-state index contributed by atoms with van der Waals surface area (Å²) >= 11 is 0. The molecule has 2 aromatic carbocycles. The fourth-order valence-corrected chi connectivity index (χ4v) is 2.54. The van der Waals surface area contributed by atoms with Crippen LogP contribution in [-0.2, 0) is 11.3 Å². The van der Waals surface area contributed by atoms with Crippen LogP contribution < -0.4 is 9.47 Å². The number of benzene rings is 2. The largest absolute Gasteiger partial charge is 0.486 e. The van der Waals surface area contributed by atoms with Gasteiger partial charge in [0.05, 0.1) is 4.92 Å². The number of hydrogen-bond donors (Lipinski definition) is 0. The lowest BCUT2D eigenvalue weighted by molar-refractivity contribution is -0.384. The van der Waals surface area contributed by atoms with Crippen LogP contribution in [0, 0.1) is 10.1 Å². The van der Waals surface area contributed by atoms with E-state index in [1.165, 1.54) is 18.2 Å². The van der Waals surface area contributed by atoms with Crippen LogP contribution in [0.1, 0.15) is 11.1 Å². The summed E-state index contributed by atoms with van der Waals surface area (Å²) < 4.78 is 11.0. The van der Waals surface area contributed by atoms with Crippen LogP contribution in [0.25, 0.3) is 6.08 Å². The molecule has 0 atom stereocenters. The second-order valence-electron chi connectivity index (χ2n) is 5.85. The maximum absolute atomic E-state index is 12.3. The first kappa shape index (κ1) is 17.5. The van der Waals surface area contributed by atoms with Crippen molar-refractivity contribution in [2.75, 3.05) is 20.3 Å². The second-order valence-corrected chi connectivity index (χ2v) is 5.85. The highest BCUT2D eigenvalue weighted by Crippen LogP contribution is 2.31. The van der Waals surface area contributed by atoms with Crippen LogP contribution in [0.3, 0.4) is 0 Å². The first-order chi connectivity index (χ1) is 12.5. The Bertz CT molecular complexity index is 846. The van der Waals surface area contributed by atoms with Crippen LogP contribution in [0.15, 0.2) is 48.5 Å². The minimum absolute atomic E-state index is 0.0178. The Morgan fingerprint density at radius 2 is 1.85 bits per heavy atom. The summed E-state index contributed by atoms with van der Waals surface area (Å²) in [4.78, 5) is 24.0. The van der Waals surface area contributed by atoms with Crippen molar-refractivity contribution >= 4 is 17.7 Å². The normalized spacial score (nSPS) is 12.8. The number of hydrogen-bond acceptors (Lipinski definition) is 5. The average molecular weight is 354 g/mol. The molecule has 0 bridgehead atoms. The first-order valence-electron chi connectivity index (χ1n) is 8.09. The molecule has 1 heterocycles. The SMILES string of the molecule is CN(Cc1ccc2c(c1)OCCO2)C(=O)/C=C/c1ccc([N+](=O)[O-])cc1. The third kappa shape index (κ3) is 4.18. The topological polar surface area (TPSA) is 81.9 Å². The standard InChI is InChI=1S/C19H18N2O5/c1-20(13-15-4-8-17-18(12-15)26-11-10-25-17)19(22)9-5-14-2-6-16(7-3-14)21(23)24/h2-9,12H,10-11,13H2,1H3/b9-5+. The summed E-state index contributed by atoms with van der Waals surface area (Å²) in [5, 5.41) is 10.6. The highest BCUT2D eigenvalue weighted by molar-refractivity contribution is 5.91. The molecule has 3 rings (SSSR count). The summed E-state index contributed by atoms with van der Waals surface area (Å²) in [6, 6.07) is 11.6. The Balaban J connectivity index is 1.61. The zero-order valence-electron chi connectivity index (χ0n) is 14.3. The number of non-ortho nitro benzene ring substituents is 1. The summed E-state index contributed by atoms with van der Waals surface area (Å²) in [6.07, 6.45) is 3.07. The Labute approximate surface area is 150 Å². The molecule has 2 aromatic rings. The quantitative estimate of drug-likeness (QED) is 0.468. The maximum atomic E-state index is 12.3. The Kier molecular flexibility index (Phi) is 5.17. The highest BCUT2D eigenvalue weighted by Gasteiger charge is 2.13. The lowest BCUT2D eigenvalue weighted by atomic mass is 10.1. The van der Waals surface area contributed by atoms with E-state index < -0.39 is 4.92 Å². The monoisotopic (exact) mass is 354 g/mol. The molecule has 0 radical (unpaired) electrons. The molecule has 26 heavy (non-hydrogen) atoms. The van der Waals surface area contributed by atoms with Gasteiger partial charge in [0, 0.05) is 31.8 Å². The van der Waals surface area contributed by atoms with Gasteiger partial charge in [-0.3, -0.25) is 14.9 Å². The molecular weight excluding hydrogens is 336 g/mol. The van der Waals surface area contributed by atoms with E-state index in [1.807, 2.05) is 18.2 Å². The molecule has 134 valence electrons. The van der Waals surface area contributed by atoms with Crippen LogP contribution in [0.5, 0.6) is 11.5 Å². The fourth-order valence-electron chi connectivity index (χ4n) is 2.54. The number of rotatable bonds is 5. The minimum Gasteiger partial charge on any atom is -0.486 e. The summed E-state index contributed by atoms with van der Waals surface area (Å²) in [6.45, 7) is 1.49. The molecular formula is C19H18N2O5. The zero-order chi connectivity index (χ0) is 18.5. The molecule has 0 aromatic heterocycles. The van der Waals surface area contributed by atoms with Crippen molar-refractivity contribution in [3.05, 3.63) is 69.8 Å². The molecule has 1 aliphatic rings. The predicted molar refractivity (Wildman–Crippen MR) is 96.0 cm³/mol. The van der Waals surface area contributed by atoms with E-state index in [4.69, 9.17) is 9.47 Å². The molecule has 0 unspecified atom stereocenters. The van der Waals surface area contributed by atoms with E-state index in [1.54, 1.807) is 30.2 Å². The first-order valence-corrected chi connectivity index (χ1v) is 8.09. The predicted octanol–water partition coefficient (Wildman–Crippen LogP) is 3.04. The second kappa shape index (κ2) is 7.69. The van der Waals surface area contributed by atoms with Crippen molar-refractivity contribution in [1.82, 2.24) is 4.90 Å². The molecule has 0 spiro atoms. The molecule has 0 saturated heterocycles. The number of amides is 1. The van der Waals surface area contributed by atoms with Gasteiger partial charge >= 0.3 is 0 Å². The van der Waals surface area contributed by atoms with E-state index in [0.717, 1.165) is 11.1 Å². The van der Waals surface area contributed by atoms with E-state index >= 15 is 0 Å². The molecule has 7 nitrogen and oxygen atoms in total. The van der Waals surface area contributed by atoms with Gasteiger partial charge in [0.2, 0.25) is 5.91 Å². The van der Waals surface area contributed by atoms with Crippen LogP contribution in [0.4, 0.5) is 5.69 Å². The third-order valence-corrected chi connectivity index (χ3v) is 3.92. The molecule has 0 saturated carbocycles. The van der Waals surface area contributed by atoms with Gasteiger partial charge < -0.3 is 14.4 Å². The molecule has 0 N–H and O–H groups in total. The van der Waals surface area contributed by atoms with E-state index in [2.05, 4.69) is 0 Å². The molecule has 1 aliphatic heterocycles. The molecule has 7 heteroatoms. The van der Waals surface area contributed by atoms with Crippen LogP contribution >= 0.6 is 0 Å². The number of ether oxygens (including phenoxy) is 2.